The van der Waals surface area contributed by atoms with Crippen LogP contribution in [0.2, 0.25) is 0 Å². The third-order valence-corrected chi connectivity index (χ3v) is 9.17. The van der Waals surface area contributed by atoms with Crippen molar-refractivity contribution in [3.8, 4) is 0 Å². The molecule has 234 valence electrons. The monoisotopic (exact) mass is 658 g/mol. The molecular weight excluding hydrogens is 626 g/mol. The average molecular weight is 659 g/mol. The summed E-state index contributed by atoms with van der Waals surface area (Å²) in [5, 5.41) is -1.42. The quantitative estimate of drug-likeness (QED) is 0.110. The van der Waals surface area contributed by atoms with Gasteiger partial charge in [0.2, 0.25) is 12.3 Å². The molecule has 0 radical (unpaired) electrons. The van der Waals surface area contributed by atoms with Gasteiger partial charge in [-0.3, -0.25) is 28.0 Å². The van der Waals surface area contributed by atoms with E-state index in [0.717, 1.165) is 17.3 Å². The van der Waals surface area contributed by atoms with Crippen LogP contribution < -0.4 is 17.0 Å². The van der Waals surface area contributed by atoms with E-state index in [1.807, 2.05) is 0 Å². The molecular formula is C23H32FN10O6PS2. The molecule has 1 saturated heterocycles. The van der Waals surface area contributed by atoms with Gasteiger partial charge in [0.05, 0.1) is 25.4 Å². The van der Waals surface area contributed by atoms with Gasteiger partial charge in [0.25, 0.3) is 5.56 Å². The molecule has 0 aromatic carbocycles. The summed E-state index contributed by atoms with van der Waals surface area (Å²) in [5.41, 5.74) is 11.7. The van der Waals surface area contributed by atoms with Gasteiger partial charge in [-0.25, -0.2) is 28.9 Å². The second-order valence-electron chi connectivity index (χ2n) is 10.4. The Kier molecular flexibility index (Phi) is 9.31. The molecule has 5 rings (SSSR count). The van der Waals surface area contributed by atoms with Crippen LogP contribution >= 0.6 is 31.7 Å². The number of alkyl halides is 1. The van der Waals surface area contributed by atoms with Crippen LogP contribution in [0.1, 0.15) is 38.3 Å². The summed E-state index contributed by atoms with van der Waals surface area (Å²) in [6, 6.07) is 0. The van der Waals surface area contributed by atoms with Gasteiger partial charge in [-0.2, -0.15) is 4.98 Å². The minimum Gasteiger partial charge on any atom is -0.382 e. The zero-order chi connectivity index (χ0) is 31.1. The van der Waals surface area contributed by atoms with Gasteiger partial charge in [-0.05, 0) is 12.3 Å². The van der Waals surface area contributed by atoms with Crippen LogP contribution in [-0.2, 0) is 23.1 Å². The van der Waals surface area contributed by atoms with E-state index in [9.17, 15) is 9.36 Å². The van der Waals surface area contributed by atoms with E-state index in [1.54, 1.807) is 18.0 Å². The number of aromatic nitrogens is 8. The van der Waals surface area contributed by atoms with E-state index in [1.165, 1.54) is 6.33 Å². The highest BCUT2D eigenvalue weighted by Gasteiger charge is 2.47. The van der Waals surface area contributed by atoms with Crippen LogP contribution in [0.5, 0.6) is 0 Å². The number of nitrogens with zero attached hydrogens (tertiary/aromatic N) is 7. The van der Waals surface area contributed by atoms with Crippen molar-refractivity contribution in [2.45, 2.75) is 56.9 Å². The number of hydrogen-bond acceptors (Lipinski definition) is 14. The van der Waals surface area contributed by atoms with Gasteiger partial charge in [-0.15, -0.1) is 12.6 Å². The fraction of sp³-hybridized carbons (Fsp3) is 0.565. The maximum atomic E-state index is 15.2. The summed E-state index contributed by atoms with van der Waals surface area (Å²) >= 11 is 8.20. The van der Waals surface area contributed by atoms with E-state index in [-0.39, 0.29) is 35.5 Å². The molecule has 43 heavy (non-hydrogen) atoms. The second kappa shape index (κ2) is 12.7. The van der Waals surface area contributed by atoms with Crippen molar-refractivity contribution in [2.75, 3.05) is 25.2 Å². The molecule has 0 bridgehead atoms. The first-order valence-electron chi connectivity index (χ1n) is 13.2. The smallest absolute Gasteiger partial charge is 0.382 e. The summed E-state index contributed by atoms with van der Waals surface area (Å²) in [6.07, 6.45) is 1.45. The number of fused-ring (bicyclic) bond motifs is 2. The first kappa shape index (κ1) is 31.6. The SMILES string of the molecule is CO[C@@H]1[C@H](CCC(C)C)[C@@H](COP(=O)(S)O[C@H](F)[C@@H](S)n2cnc3c(=O)[nH]c(N)nc32)O[C@H]1n1cnc2c(N)ncnc21. The largest absolute Gasteiger partial charge is 0.388 e. The Bertz CT molecular complexity index is 1700. The third-order valence-electron chi connectivity index (χ3n) is 7.11. The number of halogens is 1. The molecule has 1 unspecified atom stereocenters. The van der Waals surface area contributed by atoms with Crippen molar-refractivity contribution in [3.63, 3.8) is 0 Å². The molecule has 16 nitrogen and oxygen atoms in total. The zero-order valence-electron chi connectivity index (χ0n) is 23.3. The molecule has 0 spiro atoms. The van der Waals surface area contributed by atoms with Crippen molar-refractivity contribution < 1.29 is 27.5 Å². The van der Waals surface area contributed by atoms with Crippen LogP contribution in [0.25, 0.3) is 22.3 Å². The fourth-order valence-electron chi connectivity index (χ4n) is 5.03. The highest BCUT2D eigenvalue weighted by Crippen LogP contribution is 2.56. The van der Waals surface area contributed by atoms with Crippen LogP contribution in [0.4, 0.5) is 16.2 Å². The minimum atomic E-state index is -4.31. The van der Waals surface area contributed by atoms with Crippen LogP contribution in [0.3, 0.4) is 0 Å². The van der Waals surface area contributed by atoms with Gasteiger partial charge < -0.3 is 20.9 Å². The number of nitrogen functional groups attached to an aromatic ring is 2. The Morgan fingerprint density at radius 2 is 1.93 bits per heavy atom. The summed E-state index contributed by atoms with van der Waals surface area (Å²) in [5.74, 6) is 0.194. The van der Waals surface area contributed by atoms with Crippen molar-refractivity contribution in [2.24, 2.45) is 11.8 Å². The summed E-state index contributed by atoms with van der Waals surface area (Å²) < 4.78 is 54.1. The number of aromatic amines is 1. The maximum Gasteiger partial charge on any atom is 0.388 e. The molecule has 4 aromatic rings. The zero-order valence-corrected chi connectivity index (χ0v) is 26.0. The molecule has 20 heteroatoms. The lowest BCUT2D eigenvalue weighted by Crippen LogP contribution is -2.30. The number of hydrogen-bond donors (Lipinski definition) is 5. The molecule has 0 aliphatic carbocycles. The van der Waals surface area contributed by atoms with E-state index in [2.05, 4.69) is 68.6 Å². The number of rotatable bonds is 12. The van der Waals surface area contributed by atoms with Crippen molar-refractivity contribution in [1.82, 2.24) is 39.0 Å². The fourth-order valence-corrected chi connectivity index (χ4v) is 6.60. The number of imidazole rings is 2. The normalized spacial score (nSPS) is 23.7. The highest BCUT2D eigenvalue weighted by molar-refractivity contribution is 8.44. The Labute approximate surface area is 255 Å². The van der Waals surface area contributed by atoms with Gasteiger partial charge in [0.15, 0.2) is 28.9 Å². The van der Waals surface area contributed by atoms with E-state index in [0.29, 0.717) is 23.5 Å². The van der Waals surface area contributed by atoms with Gasteiger partial charge in [-0.1, -0.05) is 32.5 Å². The van der Waals surface area contributed by atoms with E-state index >= 15 is 4.39 Å². The summed E-state index contributed by atoms with van der Waals surface area (Å²) in [6.45, 7) is -0.372. The molecule has 7 atom stereocenters. The topological polar surface area (TPSA) is 213 Å². The number of anilines is 2. The number of H-pyrrole nitrogens is 1. The molecule has 5 heterocycles. The Morgan fingerprint density at radius 3 is 2.65 bits per heavy atom. The standard InChI is InChI=1S/C23H32FN10O6PS2/c1-10(2)4-5-11-12(39-21(15(11)37-3)33-8-29-13-17(25)27-7-28-18(13)33)6-38-41(36,43)40-16(24)22(42)34-9-30-14-19(34)31-23(26)32-20(14)35/h7-12,15-16,21-22,42H,4-6H2,1-3H3,(H,36,43)(H2,25,27,28)(H3,26,31,32,35)/t11-,12-,15-,16+,21-,22-,41?/m1/s1. The number of ether oxygens (including phenoxy) is 2. The van der Waals surface area contributed by atoms with Crippen LogP contribution in [-0.4, -0.2) is 71.3 Å². The van der Waals surface area contributed by atoms with Gasteiger partial charge in [0.1, 0.15) is 23.3 Å². The van der Waals surface area contributed by atoms with E-state index in [4.69, 9.17) is 30.0 Å². The second-order valence-corrected chi connectivity index (χ2v) is 13.8. The molecule has 0 amide bonds. The molecule has 5 N–H and O–H groups in total. The lowest BCUT2D eigenvalue weighted by molar-refractivity contribution is -0.0580. The molecule has 1 aliphatic heterocycles. The van der Waals surface area contributed by atoms with Crippen LogP contribution in [0, 0.1) is 11.8 Å². The van der Waals surface area contributed by atoms with Gasteiger partial charge in [0, 0.05) is 13.0 Å². The predicted molar refractivity (Wildman–Crippen MR) is 161 cm³/mol. The lowest BCUT2D eigenvalue weighted by atomic mass is 9.90. The third kappa shape index (κ3) is 6.52. The molecule has 1 aliphatic rings. The number of thiol groups is 2. The highest BCUT2D eigenvalue weighted by atomic mass is 32.7. The molecule has 4 aromatic heterocycles. The van der Waals surface area contributed by atoms with Gasteiger partial charge >= 0.3 is 6.80 Å². The van der Waals surface area contributed by atoms with Crippen molar-refractivity contribution >= 4 is 65.8 Å². The van der Waals surface area contributed by atoms with Crippen molar-refractivity contribution in [1.29, 1.82) is 0 Å². The Morgan fingerprint density at radius 1 is 1.19 bits per heavy atom. The first-order valence-corrected chi connectivity index (χ1v) is 16.4. The Balaban J connectivity index is 1.32. The minimum absolute atomic E-state index is 0.0366. The predicted octanol–water partition coefficient (Wildman–Crippen LogP) is 2.88. The van der Waals surface area contributed by atoms with Crippen LogP contribution in [0.15, 0.2) is 23.8 Å². The number of nitrogens with one attached hydrogen (secondary N) is 1. The maximum absolute atomic E-state index is 15.2. The average Bonchev–Trinajstić information content (AvgIpc) is 3.65. The lowest BCUT2D eigenvalue weighted by Gasteiger charge is -2.25. The summed E-state index contributed by atoms with van der Waals surface area (Å²) in [7, 11) is 1.57. The molecule has 0 saturated carbocycles. The summed E-state index contributed by atoms with van der Waals surface area (Å²) in [4.78, 5) is 34.8. The first-order chi connectivity index (χ1) is 20.4. The van der Waals surface area contributed by atoms with Crippen molar-refractivity contribution in [3.05, 3.63) is 29.3 Å². The molecule has 1 fully saturated rings. The number of methoxy groups -OCH3 is 1. The number of nitrogens with two attached hydrogens (primary N) is 2. The Hall–Kier alpha value is -2.80. The van der Waals surface area contributed by atoms with E-state index < -0.39 is 42.5 Å².